The van der Waals surface area contributed by atoms with Crippen LogP contribution >= 0.6 is 0 Å². The maximum absolute atomic E-state index is 12.0. The zero-order valence-electron chi connectivity index (χ0n) is 9.18. The van der Waals surface area contributed by atoms with E-state index in [1.54, 1.807) is 36.5 Å². The van der Waals surface area contributed by atoms with E-state index in [2.05, 4.69) is 10.3 Å². The van der Waals surface area contributed by atoms with Crippen LogP contribution in [0.5, 0.6) is 11.6 Å². The topological polar surface area (TPSA) is 75.0 Å². The standard InChI is InChI=1S/C13H7N3O2/c14-7-8-3-4-11-10(6-8)16-12(17)9-2-1-5-15-13(9)18-11/h1-6H,(H,16,17). The molecule has 0 bridgehead atoms. The number of carbonyl (C=O) groups excluding carboxylic acids is 1. The first-order valence-electron chi connectivity index (χ1n) is 5.26. The molecular formula is C13H7N3O2. The number of aromatic nitrogens is 1. The van der Waals surface area contributed by atoms with E-state index in [0.29, 0.717) is 22.6 Å². The van der Waals surface area contributed by atoms with Crippen molar-refractivity contribution < 1.29 is 9.53 Å². The van der Waals surface area contributed by atoms with Gasteiger partial charge in [-0.2, -0.15) is 5.26 Å². The number of nitrogens with one attached hydrogen (secondary N) is 1. The molecule has 0 radical (unpaired) electrons. The molecule has 5 heteroatoms. The van der Waals surface area contributed by atoms with Gasteiger partial charge in [0.05, 0.1) is 17.3 Å². The van der Waals surface area contributed by atoms with Crippen molar-refractivity contribution in [1.82, 2.24) is 4.98 Å². The monoisotopic (exact) mass is 237 g/mol. The van der Waals surface area contributed by atoms with Gasteiger partial charge in [0.15, 0.2) is 5.75 Å². The second kappa shape index (κ2) is 3.86. The minimum Gasteiger partial charge on any atom is -0.436 e. The molecule has 3 rings (SSSR count). The molecule has 2 heterocycles. The minimum absolute atomic E-state index is 0.262. The highest BCUT2D eigenvalue weighted by atomic mass is 16.5. The summed E-state index contributed by atoms with van der Waals surface area (Å²) in [7, 11) is 0. The van der Waals surface area contributed by atoms with Gasteiger partial charge in [-0.15, -0.1) is 0 Å². The molecule has 1 aliphatic heterocycles. The van der Waals surface area contributed by atoms with E-state index in [-0.39, 0.29) is 11.8 Å². The largest absolute Gasteiger partial charge is 0.436 e. The first-order chi connectivity index (χ1) is 8.78. The molecule has 0 spiro atoms. The summed E-state index contributed by atoms with van der Waals surface area (Å²) in [6, 6.07) is 10.1. The third kappa shape index (κ3) is 1.57. The highest BCUT2D eigenvalue weighted by Crippen LogP contribution is 2.34. The molecule has 18 heavy (non-hydrogen) atoms. The number of amides is 1. The zero-order valence-corrected chi connectivity index (χ0v) is 9.18. The number of pyridine rings is 1. The number of benzene rings is 1. The first kappa shape index (κ1) is 10.3. The van der Waals surface area contributed by atoms with Crippen molar-refractivity contribution >= 4 is 11.6 Å². The average molecular weight is 237 g/mol. The highest BCUT2D eigenvalue weighted by molar-refractivity contribution is 6.07. The fourth-order valence-electron chi connectivity index (χ4n) is 1.72. The maximum Gasteiger partial charge on any atom is 0.261 e. The summed E-state index contributed by atoms with van der Waals surface area (Å²) in [5, 5.41) is 11.5. The van der Waals surface area contributed by atoms with E-state index in [9.17, 15) is 4.79 Å². The van der Waals surface area contributed by atoms with Gasteiger partial charge in [-0.05, 0) is 30.3 Å². The third-order valence-corrected chi connectivity index (χ3v) is 2.58. The molecule has 0 atom stereocenters. The van der Waals surface area contributed by atoms with E-state index >= 15 is 0 Å². The van der Waals surface area contributed by atoms with Crippen LogP contribution in [0.3, 0.4) is 0 Å². The van der Waals surface area contributed by atoms with Crippen molar-refractivity contribution in [1.29, 1.82) is 5.26 Å². The second-order valence-corrected chi connectivity index (χ2v) is 3.74. The highest BCUT2D eigenvalue weighted by Gasteiger charge is 2.21. The molecule has 0 saturated carbocycles. The van der Waals surface area contributed by atoms with Gasteiger partial charge in [0.25, 0.3) is 5.91 Å². The van der Waals surface area contributed by atoms with Crippen LogP contribution in [0.2, 0.25) is 0 Å². The molecule has 2 aromatic rings. The fourth-order valence-corrected chi connectivity index (χ4v) is 1.72. The second-order valence-electron chi connectivity index (χ2n) is 3.74. The Morgan fingerprint density at radius 2 is 2.22 bits per heavy atom. The summed E-state index contributed by atoms with van der Waals surface area (Å²) < 4.78 is 5.57. The van der Waals surface area contributed by atoms with Crippen molar-refractivity contribution in [2.75, 3.05) is 5.32 Å². The lowest BCUT2D eigenvalue weighted by molar-refractivity contribution is 0.102. The summed E-state index contributed by atoms with van der Waals surface area (Å²) in [5.41, 5.74) is 1.29. The number of hydrogen-bond acceptors (Lipinski definition) is 4. The van der Waals surface area contributed by atoms with Crippen molar-refractivity contribution in [3.8, 4) is 17.7 Å². The number of hydrogen-bond donors (Lipinski definition) is 1. The summed E-state index contributed by atoms with van der Waals surface area (Å²) in [4.78, 5) is 16.0. The molecule has 1 N–H and O–H groups in total. The summed E-state index contributed by atoms with van der Waals surface area (Å²) in [6.07, 6.45) is 1.56. The molecule has 0 fully saturated rings. The van der Waals surface area contributed by atoms with E-state index in [0.717, 1.165) is 0 Å². The number of fused-ring (bicyclic) bond motifs is 2. The number of rotatable bonds is 0. The normalized spacial score (nSPS) is 12.3. The maximum atomic E-state index is 12.0. The Morgan fingerprint density at radius 3 is 3.06 bits per heavy atom. The van der Waals surface area contributed by atoms with Crippen LogP contribution in [-0.4, -0.2) is 10.9 Å². The Hall–Kier alpha value is -2.87. The Bertz CT molecular complexity index is 689. The summed E-state index contributed by atoms with van der Waals surface area (Å²) in [5.74, 6) is 0.435. The Balaban J connectivity index is 2.15. The van der Waals surface area contributed by atoms with Crippen molar-refractivity contribution in [2.24, 2.45) is 0 Å². The van der Waals surface area contributed by atoms with Gasteiger partial charge in [-0.25, -0.2) is 4.98 Å². The number of nitriles is 1. The molecule has 1 aliphatic rings. The lowest BCUT2D eigenvalue weighted by Crippen LogP contribution is -2.10. The molecule has 5 nitrogen and oxygen atoms in total. The van der Waals surface area contributed by atoms with Crippen LogP contribution in [0.4, 0.5) is 5.69 Å². The van der Waals surface area contributed by atoms with Crippen LogP contribution < -0.4 is 10.1 Å². The van der Waals surface area contributed by atoms with E-state index in [4.69, 9.17) is 10.00 Å². The Labute approximate surface area is 103 Å². The predicted octanol–water partition coefficient (Wildman–Crippen LogP) is 2.31. The van der Waals surface area contributed by atoms with Crippen LogP contribution in [0.15, 0.2) is 36.5 Å². The average Bonchev–Trinajstić information content (AvgIpc) is 2.54. The predicted molar refractivity (Wildman–Crippen MR) is 63.4 cm³/mol. The quantitative estimate of drug-likeness (QED) is 0.762. The lowest BCUT2D eigenvalue weighted by Gasteiger charge is -2.06. The van der Waals surface area contributed by atoms with Gasteiger partial charge in [0.2, 0.25) is 5.88 Å². The SMILES string of the molecule is N#Cc1ccc2c(c1)NC(=O)c1cccnc1O2. The minimum atomic E-state index is -0.299. The molecule has 1 aromatic carbocycles. The number of carbonyl (C=O) groups is 1. The zero-order chi connectivity index (χ0) is 12.5. The Morgan fingerprint density at radius 1 is 1.33 bits per heavy atom. The Kier molecular flexibility index (Phi) is 2.21. The van der Waals surface area contributed by atoms with Crippen LogP contribution in [0, 0.1) is 11.3 Å². The lowest BCUT2D eigenvalue weighted by atomic mass is 10.2. The smallest absolute Gasteiger partial charge is 0.261 e. The molecule has 0 aliphatic carbocycles. The van der Waals surface area contributed by atoms with Gasteiger partial charge >= 0.3 is 0 Å². The van der Waals surface area contributed by atoms with Gasteiger partial charge in [0, 0.05) is 6.20 Å². The van der Waals surface area contributed by atoms with Crippen molar-refractivity contribution in [3.63, 3.8) is 0 Å². The molecule has 1 aromatic heterocycles. The van der Waals surface area contributed by atoms with Gasteiger partial charge in [0.1, 0.15) is 5.56 Å². The molecule has 86 valence electrons. The van der Waals surface area contributed by atoms with Crippen LogP contribution in [0.25, 0.3) is 0 Å². The van der Waals surface area contributed by atoms with Gasteiger partial charge in [-0.1, -0.05) is 0 Å². The molecule has 0 saturated heterocycles. The van der Waals surface area contributed by atoms with E-state index < -0.39 is 0 Å². The van der Waals surface area contributed by atoms with Crippen molar-refractivity contribution in [2.45, 2.75) is 0 Å². The molecular weight excluding hydrogens is 230 g/mol. The third-order valence-electron chi connectivity index (χ3n) is 2.58. The summed E-state index contributed by atoms with van der Waals surface area (Å²) >= 11 is 0. The first-order valence-corrected chi connectivity index (χ1v) is 5.26. The summed E-state index contributed by atoms with van der Waals surface area (Å²) in [6.45, 7) is 0. The molecule has 1 amide bonds. The van der Waals surface area contributed by atoms with E-state index in [1.165, 1.54) is 0 Å². The van der Waals surface area contributed by atoms with Gasteiger partial charge < -0.3 is 10.1 Å². The number of nitrogens with zero attached hydrogens (tertiary/aromatic N) is 2. The van der Waals surface area contributed by atoms with Crippen molar-refractivity contribution in [3.05, 3.63) is 47.7 Å². The number of anilines is 1. The van der Waals surface area contributed by atoms with E-state index in [1.807, 2.05) is 6.07 Å². The van der Waals surface area contributed by atoms with Gasteiger partial charge in [-0.3, -0.25) is 4.79 Å². The van der Waals surface area contributed by atoms with Crippen LogP contribution in [0.1, 0.15) is 15.9 Å². The fraction of sp³-hybridized carbons (Fsp3) is 0. The molecule has 0 unspecified atom stereocenters. The van der Waals surface area contributed by atoms with Crippen LogP contribution in [-0.2, 0) is 0 Å². The number of ether oxygens (including phenoxy) is 1.